The van der Waals surface area contributed by atoms with Crippen LogP contribution in [0.25, 0.3) is 0 Å². The number of hydrogen-bond acceptors (Lipinski definition) is 5. The monoisotopic (exact) mass is 219 g/mol. The van der Waals surface area contributed by atoms with E-state index in [2.05, 4.69) is 8.91 Å². The number of sulfonamides is 1. The fourth-order valence-corrected chi connectivity index (χ4v) is 0. The summed E-state index contributed by atoms with van der Waals surface area (Å²) in [6.45, 7) is 0. The molecule has 0 radical (unpaired) electrons. The molecule has 0 heterocycles. The van der Waals surface area contributed by atoms with Gasteiger partial charge in [0.2, 0.25) is 10.0 Å². The summed E-state index contributed by atoms with van der Waals surface area (Å²) in [6, 6.07) is 0. The Morgan fingerprint density at radius 2 is 1.25 bits per heavy atom. The summed E-state index contributed by atoms with van der Waals surface area (Å²) in [4.78, 5) is 0. The molecule has 0 aromatic rings. The van der Waals surface area contributed by atoms with Gasteiger partial charge in [-0.05, 0) is 7.05 Å². The van der Waals surface area contributed by atoms with Gasteiger partial charge in [-0.2, -0.15) is 8.42 Å². The molecular formula is C4H13NO5S2. The summed E-state index contributed by atoms with van der Waals surface area (Å²) < 4.78 is 45.3. The predicted molar refractivity (Wildman–Crippen MR) is 45.8 cm³/mol. The first-order valence-electron chi connectivity index (χ1n) is 2.76. The summed E-state index contributed by atoms with van der Waals surface area (Å²) >= 11 is 0. The van der Waals surface area contributed by atoms with E-state index in [9.17, 15) is 16.8 Å². The predicted octanol–water partition coefficient (Wildman–Crippen LogP) is -1.24. The summed E-state index contributed by atoms with van der Waals surface area (Å²) in [5, 5.41) is 0. The van der Waals surface area contributed by atoms with Gasteiger partial charge >= 0.3 is 0 Å². The van der Waals surface area contributed by atoms with E-state index in [1.54, 1.807) is 0 Å². The van der Waals surface area contributed by atoms with Crippen molar-refractivity contribution in [1.29, 1.82) is 0 Å². The van der Waals surface area contributed by atoms with Crippen LogP contribution in [0.15, 0.2) is 0 Å². The Bertz CT molecular complexity index is 257. The van der Waals surface area contributed by atoms with Crippen LogP contribution in [-0.2, 0) is 24.3 Å². The maximum atomic E-state index is 9.89. The van der Waals surface area contributed by atoms with E-state index in [-0.39, 0.29) is 0 Å². The van der Waals surface area contributed by atoms with Gasteiger partial charge < -0.3 is 0 Å². The lowest BCUT2D eigenvalue weighted by atomic mass is 11.6. The molecule has 0 saturated carbocycles. The minimum Gasteiger partial charge on any atom is -0.274 e. The minimum atomic E-state index is -3.16. The molecule has 0 aliphatic rings. The maximum Gasteiger partial charge on any atom is 0.264 e. The average molecular weight is 219 g/mol. The normalized spacial score (nSPS) is 11.7. The van der Waals surface area contributed by atoms with E-state index in [0.29, 0.717) is 0 Å². The van der Waals surface area contributed by atoms with Crippen molar-refractivity contribution < 1.29 is 21.0 Å². The molecule has 0 spiro atoms. The van der Waals surface area contributed by atoms with Crippen LogP contribution >= 0.6 is 0 Å². The lowest BCUT2D eigenvalue weighted by Gasteiger charge is -1.85. The van der Waals surface area contributed by atoms with Gasteiger partial charge in [0.05, 0.1) is 19.6 Å². The van der Waals surface area contributed by atoms with Crippen molar-refractivity contribution in [3.63, 3.8) is 0 Å². The van der Waals surface area contributed by atoms with Crippen LogP contribution < -0.4 is 4.72 Å². The Kier molecular flexibility index (Phi) is 6.53. The van der Waals surface area contributed by atoms with Crippen LogP contribution in [0.5, 0.6) is 0 Å². The van der Waals surface area contributed by atoms with E-state index in [1.807, 2.05) is 0 Å². The first-order valence-corrected chi connectivity index (χ1v) is 6.47. The van der Waals surface area contributed by atoms with Crippen LogP contribution in [-0.4, -0.2) is 43.5 Å². The Hall–Kier alpha value is -0.180. The molecule has 12 heavy (non-hydrogen) atoms. The molecular weight excluding hydrogens is 206 g/mol. The molecule has 0 rings (SSSR count). The zero-order chi connectivity index (χ0) is 10.4. The summed E-state index contributed by atoms with van der Waals surface area (Å²) in [5.41, 5.74) is 0. The molecule has 6 nitrogen and oxygen atoms in total. The minimum absolute atomic E-state index is 0.993. The summed E-state index contributed by atoms with van der Waals surface area (Å²) in [5.74, 6) is 0. The van der Waals surface area contributed by atoms with Gasteiger partial charge in [-0.3, -0.25) is 4.18 Å². The Morgan fingerprint density at radius 3 is 1.25 bits per heavy atom. The van der Waals surface area contributed by atoms with Crippen molar-refractivity contribution in [2.45, 2.75) is 0 Å². The Balaban J connectivity index is 0. The zero-order valence-corrected chi connectivity index (χ0v) is 8.99. The topological polar surface area (TPSA) is 89.5 Å². The van der Waals surface area contributed by atoms with Crippen molar-refractivity contribution in [1.82, 2.24) is 4.72 Å². The van der Waals surface area contributed by atoms with E-state index in [0.717, 1.165) is 19.6 Å². The summed E-state index contributed by atoms with van der Waals surface area (Å²) in [6.07, 6.45) is 2.10. The van der Waals surface area contributed by atoms with Crippen LogP contribution in [0.2, 0.25) is 0 Å². The van der Waals surface area contributed by atoms with Crippen molar-refractivity contribution in [3.8, 4) is 0 Å². The van der Waals surface area contributed by atoms with E-state index in [4.69, 9.17) is 0 Å². The molecule has 0 atom stereocenters. The van der Waals surface area contributed by atoms with Gasteiger partial charge in [0.15, 0.2) is 0 Å². The lowest BCUT2D eigenvalue weighted by molar-refractivity contribution is 0.403. The molecule has 0 aliphatic heterocycles. The SMILES string of the molecule is CNS(C)(=O)=O.COS(C)(=O)=O. The second-order valence-electron chi connectivity index (χ2n) is 1.85. The molecule has 0 bridgehead atoms. The van der Waals surface area contributed by atoms with Gasteiger partial charge in [-0.25, -0.2) is 13.1 Å². The largest absolute Gasteiger partial charge is 0.274 e. The molecule has 0 fully saturated rings. The average Bonchev–Trinajstić information content (AvgIpc) is 1.86. The highest BCUT2D eigenvalue weighted by Gasteiger charge is 1.90. The highest BCUT2D eigenvalue weighted by atomic mass is 32.2. The molecule has 8 heteroatoms. The van der Waals surface area contributed by atoms with E-state index < -0.39 is 20.1 Å². The van der Waals surface area contributed by atoms with E-state index >= 15 is 0 Å². The second-order valence-corrected chi connectivity index (χ2v) is 5.54. The fraction of sp³-hybridized carbons (Fsp3) is 1.00. The highest BCUT2D eigenvalue weighted by molar-refractivity contribution is 7.88. The molecule has 0 aliphatic carbocycles. The molecule has 0 aromatic heterocycles. The zero-order valence-electron chi connectivity index (χ0n) is 7.36. The van der Waals surface area contributed by atoms with Gasteiger partial charge in [-0.15, -0.1) is 0 Å². The lowest BCUT2D eigenvalue weighted by Crippen LogP contribution is -2.15. The van der Waals surface area contributed by atoms with Gasteiger partial charge in [-0.1, -0.05) is 0 Å². The number of hydrogen-bond donors (Lipinski definition) is 1. The molecule has 0 aromatic carbocycles. The maximum absolute atomic E-state index is 9.89. The first-order chi connectivity index (χ1) is 5.12. The van der Waals surface area contributed by atoms with Crippen LogP contribution in [0.4, 0.5) is 0 Å². The molecule has 0 amide bonds. The van der Waals surface area contributed by atoms with E-state index in [1.165, 1.54) is 7.05 Å². The smallest absolute Gasteiger partial charge is 0.264 e. The Labute approximate surface area is 73.1 Å². The van der Waals surface area contributed by atoms with Gasteiger partial charge in [0.25, 0.3) is 10.1 Å². The van der Waals surface area contributed by atoms with Gasteiger partial charge in [0, 0.05) is 0 Å². The molecule has 76 valence electrons. The van der Waals surface area contributed by atoms with Crippen molar-refractivity contribution in [3.05, 3.63) is 0 Å². The standard InChI is InChI=1S/C2H7NO2S.C2H6O3S/c1-3-6(2,4)5;1-5-6(2,3)4/h3H,1-2H3;1-2H3. The summed E-state index contributed by atoms with van der Waals surface area (Å²) in [7, 11) is -3.58. The van der Waals surface area contributed by atoms with Crippen molar-refractivity contribution in [2.75, 3.05) is 26.7 Å². The number of nitrogens with one attached hydrogen (secondary N) is 1. The van der Waals surface area contributed by atoms with Crippen LogP contribution in [0.3, 0.4) is 0 Å². The molecule has 0 unspecified atom stereocenters. The molecule has 0 saturated heterocycles. The second kappa shape index (κ2) is 5.46. The molecule has 1 N–H and O–H groups in total. The highest BCUT2D eigenvalue weighted by Crippen LogP contribution is 1.75. The Morgan fingerprint density at radius 1 is 1.08 bits per heavy atom. The van der Waals surface area contributed by atoms with Crippen molar-refractivity contribution in [2.24, 2.45) is 0 Å². The number of rotatable bonds is 2. The van der Waals surface area contributed by atoms with Gasteiger partial charge in [0.1, 0.15) is 0 Å². The first kappa shape index (κ1) is 14.3. The fourth-order valence-electron chi connectivity index (χ4n) is 0. The third-order valence-electron chi connectivity index (χ3n) is 0.674. The third-order valence-corrected chi connectivity index (χ3v) is 2.02. The van der Waals surface area contributed by atoms with Crippen LogP contribution in [0.1, 0.15) is 0 Å². The van der Waals surface area contributed by atoms with Crippen molar-refractivity contribution >= 4 is 20.1 Å². The third kappa shape index (κ3) is 22.6. The van der Waals surface area contributed by atoms with Crippen LogP contribution in [0, 0.1) is 0 Å². The quantitative estimate of drug-likeness (QED) is 0.587.